The van der Waals surface area contributed by atoms with Crippen LogP contribution in [0, 0.1) is 11.6 Å². The number of carbonyl (C=O) groups is 1. The number of anilines is 3. The molecule has 3 aromatic rings. The quantitative estimate of drug-likeness (QED) is 0.432. The Morgan fingerprint density at radius 3 is 2.58 bits per heavy atom. The lowest BCUT2D eigenvalue weighted by atomic mass is 9.96. The lowest BCUT2D eigenvalue weighted by molar-refractivity contribution is 0.0778. The van der Waals surface area contributed by atoms with Crippen LogP contribution in [0.4, 0.5) is 25.5 Å². The number of nitrogens with zero attached hydrogens (tertiary/aromatic N) is 3. The van der Waals surface area contributed by atoms with Crippen molar-refractivity contribution >= 4 is 34.0 Å². The van der Waals surface area contributed by atoms with E-state index < -0.39 is 29.2 Å². The van der Waals surface area contributed by atoms with Crippen LogP contribution < -0.4 is 16.0 Å². The van der Waals surface area contributed by atoms with Crippen LogP contribution >= 0.6 is 11.3 Å². The molecule has 174 valence electrons. The SMILES string of the molecule is CC(C)(O)c1cc(F)c(-c2cc(C(N)=O)c(Nc3ccnc(N4CCC(O)C4)n3)s2)c(F)c1. The van der Waals surface area contributed by atoms with E-state index in [2.05, 4.69) is 15.3 Å². The molecule has 8 nitrogen and oxygen atoms in total. The van der Waals surface area contributed by atoms with Crippen LogP contribution in [0.3, 0.4) is 0 Å². The number of halogens is 2. The highest BCUT2D eigenvalue weighted by Crippen LogP contribution is 2.40. The minimum Gasteiger partial charge on any atom is -0.391 e. The predicted molar refractivity (Wildman–Crippen MR) is 122 cm³/mol. The number of hydrogen-bond acceptors (Lipinski definition) is 8. The van der Waals surface area contributed by atoms with Crippen molar-refractivity contribution in [1.82, 2.24) is 9.97 Å². The van der Waals surface area contributed by atoms with Gasteiger partial charge in [-0.25, -0.2) is 13.8 Å². The summed E-state index contributed by atoms with van der Waals surface area (Å²) in [6, 6.07) is 5.03. The van der Waals surface area contributed by atoms with Crippen molar-refractivity contribution < 1.29 is 23.8 Å². The number of nitrogens with one attached hydrogen (secondary N) is 1. The molecule has 4 rings (SSSR count). The molecule has 0 radical (unpaired) electrons. The van der Waals surface area contributed by atoms with Gasteiger partial charge in [0.2, 0.25) is 5.95 Å². The fraction of sp³-hybridized carbons (Fsp3) is 0.318. The van der Waals surface area contributed by atoms with E-state index in [0.717, 1.165) is 23.5 Å². The van der Waals surface area contributed by atoms with Gasteiger partial charge in [0.25, 0.3) is 5.91 Å². The standard InChI is InChI=1S/C22H23F2N5O3S/c1-22(2,32)11-7-14(23)18(15(24)8-11)16-9-13(19(25)31)20(33-16)27-17-3-5-26-21(28-17)29-6-4-12(30)10-29/h3,5,7-9,12,30,32H,4,6,10H2,1-2H3,(H2,25,31)(H,26,27,28). The molecule has 0 spiro atoms. The fourth-order valence-corrected chi connectivity index (χ4v) is 4.68. The lowest BCUT2D eigenvalue weighted by Crippen LogP contribution is -2.23. The van der Waals surface area contributed by atoms with E-state index in [-0.39, 0.29) is 26.6 Å². The molecular weight excluding hydrogens is 452 g/mol. The zero-order valence-corrected chi connectivity index (χ0v) is 18.8. The molecule has 0 bridgehead atoms. The molecular formula is C22H23F2N5O3S. The van der Waals surface area contributed by atoms with Crippen LogP contribution in [0.15, 0.2) is 30.5 Å². The van der Waals surface area contributed by atoms with Gasteiger partial charge in [0, 0.05) is 24.2 Å². The molecule has 3 heterocycles. The third kappa shape index (κ3) is 4.80. The molecule has 0 aliphatic carbocycles. The summed E-state index contributed by atoms with van der Waals surface area (Å²) in [5, 5.41) is 23.1. The zero-order chi connectivity index (χ0) is 23.9. The topological polar surface area (TPSA) is 125 Å². The monoisotopic (exact) mass is 475 g/mol. The molecule has 1 aliphatic rings. The molecule has 1 aliphatic heterocycles. The van der Waals surface area contributed by atoms with Crippen molar-refractivity contribution in [2.24, 2.45) is 5.73 Å². The number of thiophene rings is 1. The number of aromatic nitrogens is 2. The number of hydrogen-bond donors (Lipinski definition) is 4. The summed E-state index contributed by atoms with van der Waals surface area (Å²) in [6.45, 7) is 3.88. The van der Waals surface area contributed by atoms with E-state index in [1.54, 1.807) is 6.07 Å². The second-order valence-corrected chi connectivity index (χ2v) is 9.40. The number of carbonyl (C=O) groups excluding carboxylic acids is 1. The maximum absolute atomic E-state index is 14.8. The molecule has 1 aromatic carbocycles. The van der Waals surface area contributed by atoms with Crippen molar-refractivity contribution in [2.45, 2.75) is 32.0 Å². The summed E-state index contributed by atoms with van der Waals surface area (Å²) in [6.07, 6.45) is 1.70. The molecule has 2 aromatic heterocycles. The Morgan fingerprint density at radius 2 is 2.00 bits per heavy atom. The normalized spacial score (nSPS) is 16.3. The fourth-order valence-electron chi connectivity index (χ4n) is 3.56. The molecule has 1 atom stereocenters. The number of nitrogens with two attached hydrogens (primary N) is 1. The van der Waals surface area contributed by atoms with Gasteiger partial charge in [-0.1, -0.05) is 0 Å². The van der Waals surface area contributed by atoms with Crippen LogP contribution in [0.2, 0.25) is 0 Å². The van der Waals surface area contributed by atoms with Crippen LogP contribution in [-0.4, -0.2) is 45.3 Å². The number of aliphatic hydroxyl groups excluding tert-OH is 1. The van der Waals surface area contributed by atoms with Gasteiger partial charge < -0.3 is 26.2 Å². The Labute approximate surface area is 192 Å². The Morgan fingerprint density at radius 1 is 1.30 bits per heavy atom. The van der Waals surface area contributed by atoms with Crippen LogP contribution in [0.5, 0.6) is 0 Å². The first kappa shape index (κ1) is 23.0. The predicted octanol–water partition coefficient (Wildman–Crippen LogP) is 3.12. The maximum atomic E-state index is 14.8. The highest BCUT2D eigenvalue weighted by atomic mass is 32.1. The smallest absolute Gasteiger partial charge is 0.251 e. The third-order valence-corrected chi connectivity index (χ3v) is 6.39. The van der Waals surface area contributed by atoms with E-state index >= 15 is 0 Å². The van der Waals surface area contributed by atoms with Gasteiger partial charge in [0.15, 0.2) is 0 Å². The van der Waals surface area contributed by atoms with Crippen molar-refractivity contribution in [3.63, 3.8) is 0 Å². The van der Waals surface area contributed by atoms with Crippen molar-refractivity contribution in [1.29, 1.82) is 0 Å². The van der Waals surface area contributed by atoms with Gasteiger partial charge in [0.05, 0.1) is 22.8 Å². The number of rotatable bonds is 6. The summed E-state index contributed by atoms with van der Waals surface area (Å²) in [5.41, 5.74) is 3.90. The maximum Gasteiger partial charge on any atom is 0.251 e. The van der Waals surface area contributed by atoms with Crippen LogP contribution in [-0.2, 0) is 5.60 Å². The first-order valence-electron chi connectivity index (χ1n) is 10.2. The molecule has 1 fully saturated rings. The molecule has 11 heteroatoms. The Hall–Kier alpha value is -3.15. The summed E-state index contributed by atoms with van der Waals surface area (Å²) < 4.78 is 29.7. The minimum atomic E-state index is -1.42. The van der Waals surface area contributed by atoms with Gasteiger partial charge in [0.1, 0.15) is 22.5 Å². The third-order valence-electron chi connectivity index (χ3n) is 5.32. The Balaban J connectivity index is 1.68. The molecule has 1 saturated heterocycles. The number of β-amino-alcohol motifs (C(OH)–C–C–N with tert-alkyl or cyclic N) is 1. The van der Waals surface area contributed by atoms with Crippen molar-refractivity contribution in [2.75, 3.05) is 23.3 Å². The van der Waals surface area contributed by atoms with Gasteiger partial charge in [-0.2, -0.15) is 4.98 Å². The average Bonchev–Trinajstić information content (AvgIpc) is 3.33. The largest absolute Gasteiger partial charge is 0.391 e. The van der Waals surface area contributed by atoms with E-state index in [1.165, 1.54) is 26.1 Å². The highest BCUT2D eigenvalue weighted by molar-refractivity contribution is 7.20. The Bertz CT molecular complexity index is 1190. The van der Waals surface area contributed by atoms with E-state index in [0.29, 0.717) is 31.3 Å². The molecule has 1 amide bonds. The highest BCUT2D eigenvalue weighted by Gasteiger charge is 2.25. The van der Waals surface area contributed by atoms with Crippen molar-refractivity contribution in [3.05, 3.63) is 53.2 Å². The first-order valence-corrected chi connectivity index (χ1v) is 11.0. The first-order chi connectivity index (χ1) is 15.5. The zero-order valence-electron chi connectivity index (χ0n) is 18.0. The minimum absolute atomic E-state index is 0.0529. The van der Waals surface area contributed by atoms with E-state index in [9.17, 15) is 23.8 Å². The van der Waals surface area contributed by atoms with Gasteiger partial charge >= 0.3 is 0 Å². The number of primary amides is 1. The molecule has 0 saturated carbocycles. The summed E-state index contributed by atoms with van der Waals surface area (Å²) >= 11 is 0.947. The second-order valence-electron chi connectivity index (χ2n) is 8.35. The summed E-state index contributed by atoms with van der Waals surface area (Å²) in [5.74, 6) is -1.74. The van der Waals surface area contributed by atoms with Gasteiger partial charge in [-0.3, -0.25) is 4.79 Å². The van der Waals surface area contributed by atoms with E-state index in [1.807, 2.05) is 4.90 Å². The van der Waals surface area contributed by atoms with Gasteiger partial charge in [-0.05, 0) is 50.1 Å². The van der Waals surface area contributed by atoms with Crippen LogP contribution in [0.25, 0.3) is 10.4 Å². The molecule has 5 N–H and O–H groups in total. The number of amides is 1. The summed E-state index contributed by atoms with van der Waals surface area (Å²) in [7, 11) is 0. The van der Waals surface area contributed by atoms with E-state index in [4.69, 9.17) is 5.73 Å². The summed E-state index contributed by atoms with van der Waals surface area (Å²) in [4.78, 5) is 22.6. The van der Waals surface area contributed by atoms with Gasteiger partial charge in [-0.15, -0.1) is 11.3 Å². The van der Waals surface area contributed by atoms with Crippen LogP contribution in [0.1, 0.15) is 36.2 Å². The second kappa shape index (κ2) is 8.65. The number of aliphatic hydroxyl groups is 2. The lowest BCUT2D eigenvalue weighted by Gasteiger charge is -2.18. The molecule has 33 heavy (non-hydrogen) atoms. The van der Waals surface area contributed by atoms with Crippen molar-refractivity contribution in [3.8, 4) is 10.4 Å². The Kier molecular flexibility index (Phi) is 6.04. The number of benzene rings is 1. The molecule has 1 unspecified atom stereocenters. The average molecular weight is 476 g/mol.